The van der Waals surface area contributed by atoms with Gasteiger partial charge in [-0.1, -0.05) is 18.2 Å². The van der Waals surface area contributed by atoms with Crippen molar-refractivity contribution < 1.29 is 14.0 Å². The highest BCUT2D eigenvalue weighted by Gasteiger charge is 2.33. The van der Waals surface area contributed by atoms with Crippen molar-refractivity contribution in [3.63, 3.8) is 0 Å². The number of nitrogens with zero attached hydrogens (tertiary/aromatic N) is 2. The Morgan fingerprint density at radius 1 is 1.00 bits per heavy atom. The van der Waals surface area contributed by atoms with Crippen molar-refractivity contribution >= 4 is 22.7 Å². The molecule has 144 valence electrons. The molecular formula is C22H23N3O3. The lowest BCUT2D eigenvalue weighted by Crippen LogP contribution is -2.52. The predicted molar refractivity (Wildman–Crippen MR) is 105 cm³/mol. The van der Waals surface area contributed by atoms with Crippen LogP contribution < -0.4 is 0 Å². The summed E-state index contributed by atoms with van der Waals surface area (Å²) >= 11 is 0. The van der Waals surface area contributed by atoms with Crippen LogP contribution in [0, 0.1) is 5.92 Å². The third-order valence-electron chi connectivity index (χ3n) is 6.06. The van der Waals surface area contributed by atoms with Gasteiger partial charge in [-0.25, -0.2) is 0 Å². The fraction of sp³-hybridized carbons (Fsp3) is 0.364. The second-order valence-corrected chi connectivity index (χ2v) is 7.66. The molecular weight excluding hydrogens is 354 g/mol. The maximum atomic E-state index is 13.1. The van der Waals surface area contributed by atoms with Gasteiger partial charge in [0.05, 0.1) is 6.26 Å². The van der Waals surface area contributed by atoms with Crippen molar-refractivity contribution in [1.29, 1.82) is 0 Å². The largest absolute Gasteiger partial charge is 0.459 e. The van der Waals surface area contributed by atoms with Gasteiger partial charge in [0.25, 0.3) is 5.91 Å². The van der Waals surface area contributed by atoms with E-state index in [0.29, 0.717) is 31.9 Å². The number of furan rings is 1. The first-order valence-electron chi connectivity index (χ1n) is 9.91. The maximum Gasteiger partial charge on any atom is 0.289 e. The molecule has 1 unspecified atom stereocenters. The van der Waals surface area contributed by atoms with Gasteiger partial charge >= 0.3 is 0 Å². The number of carbonyl (C=O) groups excluding carboxylic acids is 2. The molecule has 2 amide bonds. The van der Waals surface area contributed by atoms with Crippen LogP contribution in [0.1, 0.15) is 28.2 Å². The van der Waals surface area contributed by atoms with E-state index in [4.69, 9.17) is 4.42 Å². The highest BCUT2D eigenvalue weighted by Crippen LogP contribution is 2.32. The van der Waals surface area contributed by atoms with Crippen LogP contribution in [0.15, 0.2) is 47.1 Å². The quantitative estimate of drug-likeness (QED) is 0.747. The van der Waals surface area contributed by atoms with E-state index in [1.165, 1.54) is 22.9 Å². The molecule has 5 rings (SSSR count). The van der Waals surface area contributed by atoms with Crippen LogP contribution in [-0.4, -0.2) is 52.8 Å². The molecule has 0 spiro atoms. The Morgan fingerprint density at radius 3 is 2.57 bits per heavy atom. The van der Waals surface area contributed by atoms with Crippen LogP contribution in [-0.2, 0) is 17.6 Å². The van der Waals surface area contributed by atoms with E-state index in [-0.39, 0.29) is 17.7 Å². The van der Waals surface area contributed by atoms with Gasteiger partial charge in [0.1, 0.15) is 0 Å². The SMILES string of the molecule is O=C(c1ccco1)N1CCN(C(=O)C2CCc3[nH]c4ccccc4c3C2)CC1. The van der Waals surface area contributed by atoms with Gasteiger partial charge in [0, 0.05) is 48.7 Å². The van der Waals surface area contributed by atoms with E-state index in [0.717, 1.165) is 24.8 Å². The van der Waals surface area contributed by atoms with Gasteiger partial charge in [-0.15, -0.1) is 0 Å². The molecule has 2 aliphatic rings. The number of hydrogen-bond donors (Lipinski definition) is 1. The number of aromatic amines is 1. The topological polar surface area (TPSA) is 69.6 Å². The third kappa shape index (κ3) is 2.89. The predicted octanol–water partition coefficient (Wildman–Crippen LogP) is 2.85. The number of aryl methyl sites for hydroxylation is 1. The summed E-state index contributed by atoms with van der Waals surface area (Å²) in [6.07, 6.45) is 4.10. The Morgan fingerprint density at radius 2 is 1.79 bits per heavy atom. The zero-order valence-electron chi connectivity index (χ0n) is 15.7. The minimum atomic E-state index is -0.0989. The van der Waals surface area contributed by atoms with Gasteiger partial charge in [0.2, 0.25) is 5.91 Å². The molecule has 1 N–H and O–H groups in total. The molecule has 6 heteroatoms. The fourth-order valence-corrected chi connectivity index (χ4v) is 4.52. The standard InChI is InChI=1S/C22H23N3O3/c26-21(24-9-11-25(12-10-24)22(27)20-6-3-13-28-20)15-7-8-19-17(14-15)16-4-1-2-5-18(16)23-19/h1-6,13,15,23H,7-12,14H2. The molecule has 3 heterocycles. The molecule has 3 aromatic rings. The number of rotatable bonds is 2. The number of amides is 2. The molecule has 28 heavy (non-hydrogen) atoms. The Hall–Kier alpha value is -3.02. The molecule has 1 aliphatic carbocycles. The van der Waals surface area contributed by atoms with Gasteiger partial charge in [-0.3, -0.25) is 9.59 Å². The number of benzene rings is 1. The molecule has 2 aromatic heterocycles. The lowest BCUT2D eigenvalue weighted by Gasteiger charge is -2.36. The highest BCUT2D eigenvalue weighted by atomic mass is 16.3. The lowest BCUT2D eigenvalue weighted by atomic mass is 9.85. The Balaban J connectivity index is 1.25. The average molecular weight is 377 g/mol. The van der Waals surface area contributed by atoms with E-state index in [2.05, 4.69) is 23.2 Å². The summed E-state index contributed by atoms with van der Waals surface area (Å²) < 4.78 is 5.20. The van der Waals surface area contributed by atoms with E-state index in [1.54, 1.807) is 17.0 Å². The summed E-state index contributed by atoms with van der Waals surface area (Å²) in [4.78, 5) is 32.7. The summed E-state index contributed by atoms with van der Waals surface area (Å²) in [7, 11) is 0. The molecule has 6 nitrogen and oxygen atoms in total. The molecule has 1 atom stereocenters. The summed E-state index contributed by atoms with van der Waals surface area (Å²) in [5.74, 6) is 0.511. The number of aromatic nitrogens is 1. The van der Waals surface area contributed by atoms with Crippen LogP contribution in [0.5, 0.6) is 0 Å². The fourth-order valence-electron chi connectivity index (χ4n) is 4.52. The molecule has 0 saturated carbocycles. The van der Waals surface area contributed by atoms with Crippen LogP contribution in [0.4, 0.5) is 0 Å². The summed E-state index contributed by atoms with van der Waals surface area (Å²) in [5.41, 5.74) is 3.73. The van der Waals surface area contributed by atoms with Crippen LogP contribution in [0.25, 0.3) is 10.9 Å². The van der Waals surface area contributed by atoms with E-state index in [9.17, 15) is 9.59 Å². The smallest absolute Gasteiger partial charge is 0.289 e. The Bertz CT molecular complexity index is 1010. The maximum absolute atomic E-state index is 13.1. The van der Waals surface area contributed by atoms with E-state index >= 15 is 0 Å². The van der Waals surface area contributed by atoms with Crippen LogP contribution in [0.2, 0.25) is 0 Å². The lowest BCUT2D eigenvalue weighted by molar-refractivity contribution is -0.137. The highest BCUT2D eigenvalue weighted by molar-refractivity contribution is 5.92. The monoisotopic (exact) mass is 377 g/mol. The first-order valence-corrected chi connectivity index (χ1v) is 9.91. The van der Waals surface area contributed by atoms with Crippen molar-refractivity contribution in [1.82, 2.24) is 14.8 Å². The number of piperazine rings is 1. The number of nitrogens with one attached hydrogen (secondary N) is 1. The van der Waals surface area contributed by atoms with E-state index in [1.807, 2.05) is 11.0 Å². The Labute approximate surface area is 163 Å². The van der Waals surface area contributed by atoms with Crippen molar-refractivity contribution in [2.45, 2.75) is 19.3 Å². The number of para-hydroxylation sites is 1. The number of H-pyrrole nitrogens is 1. The van der Waals surface area contributed by atoms with Crippen LogP contribution >= 0.6 is 0 Å². The summed E-state index contributed by atoms with van der Waals surface area (Å²) in [5, 5.41) is 1.24. The van der Waals surface area contributed by atoms with Gasteiger partial charge in [-0.05, 0) is 43.0 Å². The summed E-state index contributed by atoms with van der Waals surface area (Å²) in [6.45, 7) is 2.28. The second-order valence-electron chi connectivity index (χ2n) is 7.66. The molecule has 1 aromatic carbocycles. The van der Waals surface area contributed by atoms with Gasteiger partial charge < -0.3 is 19.2 Å². The number of hydrogen-bond acceptors (Lipinski definition) is 3. The van der Waals surface area contributed by atoms with Crippen molar-refractivity contribution in [3.05, 3.63) is 59.7 Å². The van der Waals surface area contributed by atoms with Gasteiger partial charge in [0.15, 0.2) is 5.76 Å². The average Bonchev–Trinajstić information content (AvgIpc) is 3.40. The van der Waals surface area contributed by atoms with Crippen molar-refractivity contribution in [2.24, 2.45) is 5.92 Å². The molecule has 0 bridgehead atoms. The normalized spacial score (nSPS) is 19.6. The zero-order valence-corrected chi connectivity index (χ0v) is 15.7. The first kappa shape index (κ1) is 17.1. The minimum absolute atomic E-state index is 0.0269. The van der Waals surface area contributed by atoms with Gasteiger partial charge in [-0.2, -0.15) is 0 Å². The Kier molecular flexibility index (Phi) is 4.19. The minimum Gasteiger partial charge on any atom is -0.459 e. The molecule has 1 aliphatic heterocycles. The third-order valence-corrected chi connectivity index (χ3v) is 6.06. The van der Waals surface area contributed by atoms with E-state index < -0.39 is 0 Å². The number of fused-ring (bicyclic) bond motifs is 3. The molecule has 1 saturated heterocycles. The number of carbonyl (C=O) groups is 2. The second kappa shape index (κ2) is 6.86. The van der Waals surface area contributed by atoms with Crippen LogP contribution in [0.3, 0.4) is 0 Å². The van der Waals surface area contributed by atoms with Crippen molar-refractivity contribution in [2.75, 3.05) is 26.2 Å². The molecule has 1 fully saturated rings. The zero-order chi connectivity index (χ0) is 19.1. The first-order chi connectivity index (χ1) is 13.7. The van der Waals surface area contributed by atoms with Crippen molar-refractivity contribution in [3.8, 4) is 0 Å². The summed E-state index contributed by atoms with van der Waals surface area (Å²) in [6, 6.07) is 11.7. The molecule has 0 radical (unpaired) electrons.